The summed E-state index contributed by atoms with van der Waals surface area (Å²) >= 11 is 0. The molecule has 0 radical (unpaired) electrons. The quantitative estimate of drug-likeness (QED) is 0.776. The monoisotopic (exact) mass is 344 g/mol. The third-order valence-corrected chi connectivity index (χ3v) is 4.57. The van der Waals surface area contributed by atoms with Crippen molar-refractivity contribution in [2.24, 2.45) is 0 Å². The number of nitrogens with one attached hydrogen (secondary N) is 1. The van der Waals surface area contributed by atoms with E-state index in [4.69, 9.17) is 0 Å². The summed E-state index contributed by atoms with van der Waals surface area (Å²) in [7, 11) is 0. The van der Waals surface area contributed by atoms with E-state index < -0.39 is 0 Å². The van der Waals surface area contributed by atoms with Gasteiger partial charge in [-0.2, -0.15) is 0 Å². The Morgan fingerprint density at radius 3 is 2.85 bits per heavy atom. The Bertz CT molecular complexity index is 969. The Labute approximate surface area is 152 Å². The van der Waals surface area contributed by atoms with Crippen LogP contribution < -0.4 is 10.2 Å². The Morgan fingerprint density at radius 1 is 1.15 bits per heavy atom. The van der Waals surface area contributed by atoms with Gasteiger partial charge in [-0.05, 0) is 55.7 Å². The van der Waals surface area contributed by atoms with Gasteiger partial charge < -0.3 is 10.2 Å². The molecule has 1 amide bonds. The highest BCUT2D eigenvalue weighted by Crippen LogP contribution is 2.36. The maximum Gasteiger partial charge on any atom is 0.274 e. The third kappa shape index (κ3) is 3.04. The topological polar surface area (TPSA) is 58.1 Å². The lowest BCUT2D eigenvalue weighted by Crippen LogP contribution is -2.26. The number of rotatable bonds is 3. The van der Waals surface area contributed by atoms with Gasteiger partial charge in [0, 0.05) is 23.6 Å². The van der Waals surface area contributed by atoms with Crippen molar-refractivity contribution in [2.45, 2.75) is 26.3 Å². The van der Waals surface area contributed by atoms with Crippen LogP contribution in [0.5, 0.6) is 0 Å². The summed E-state index contributed by atoms with van der Waals surface area (Å²) in [6.45, 7) is 4.13. The smallest absolute Gasteiger partial charge is 0.274 e. The number of carbonyl (C=O) groups is 1. The lowest BCUT2D eigenvalue weighted by molar-refractivity contribution is 0.102. The predicted octanol–water partition coefficient (Wildman–Crippen LogP) is 4.12. The summed E-state index contributed by atoms with van der Waals surface area (Å²) in [5.41, 5.74) is 4.59. The molecule has 0 aliphatic carbocycles. The Morgan fingerprint density at radius 2 is 2.00 bits per heavy atom. The van der Waals surface area contributed by atoms with Gasteiger partial charge in [-0.1, -0.05) is 30.3 Å². The molecule has 3 aromatic rings. The highest BCUT2D eigenvalue weighted by molar-refractivity contribution is 6.03. The Balaban J connectivity index is 1.62. The predicted molar refractivity (Wildman–Crippen MR) is 103 cm³/mol. The molecule has 5 nitrogen and oxygen atoms in total. The van der Waals surface area contributed by atoms with Crippen molar-refractivity contribution in [3.05, 3.63) is 77.6 Å². The molecule has 2 aromatic carbocycles. The maximum atomic E-state index is 12.6. The molecule has 1 atom stereocenters. The highest BCUT2D eigenvalue weighted by atomic mass is 16.1. The molecule has 1 aliphatic heterocycles. The average molecular weight is 344 g/mol. The molecular formula is C21H20N4O. The van der Waals surface area contributed by atoms with Crippen molar-refractivity contribution in [3.63, 3.8) is 0 Å². The van der Waals surface area contributed by atoms with Crippen LogP contribution in [-0.4, -0.2) is 21.9 Å². The summed E-state index contributed by atoms with van der Waals surface area (Å²) in [5.74, 6) is 0.318. The number of hydrogen-bond acceptors (Lipinski definition) is 4. The van der Waals surface area contributed by atoms with Gasteiger partial charge in [0.2, 0.25) is 5.95 Å². The molecule has 26 heavy (non-hydrogen) atoms. The van der Waals surface area contributed by atoms with Crippen LogP contribution >= 0.6 is 0 Å². The molecule has 1 aromatic heterocycles. The van der Waals surface area contributed by atoms with E-state index in [-0.39, 0.29) is 11.9 Å². The minimum atomic E-state index is -0.237. The van der Waals surface area contributed by atoms with Gasteiger partial charge in [-0.25, -0.2) is 9.97 Å². The van der Waals surface area contributed by atoms with E-state index in [0.717, 1.165) is 23.4 Å². The van der Waals surface area contributed by atoms with Crippen LogP contribution in [-0.2, 0) is 6.42 Å². The van der Waals surface area contributed by atoms with Crippen molar-refractivity contribution in [1.82, 2.24) is 9.97 Å². The van der Waals surface area contributed by atoms with E-state index in [1.54, 1.807) is 12.3 Å². The zero-order valence-electron chi connectivity index (χ0n) is 14.8. The number of nitrogens with zero attached hydrogens (tertiary/aromatic N) is 3. The van der Waals surface area contributed by atoms with Crippen LogP contribution in [0.3, 0.4) is 0 Å². The number of anilines is 3. The number of carbonyl (C=O) groups excluding carboxylic acids is 1. The fraction of sp³-hybridized carbons (Fsp3) is 0.190. The summed E-state index contributed by atoms with van der Waals surface area (Å²) in [6.07, 6.45) is 2.58. The third-order valence-electron chi connectivity index (χ3n) is 4.57. The molecule has 0 saturated carbocycles. The van der Waals surface area contributed by atoms with Gasteiger partial charge in [0.1, 0.15) is 5.69 Å². The lowest BCUT2D eigenvalue weighted by atomic mass is 10.1. The Kier molecular flexibility index (Phi) is 4.13. The van der Waals surface area contributed by atoms with Crippen molar-refractivity contribution >= 4 is 23.2 Å². The first kappa shape index (κ1) is 16.3. The summed E-state index contributed by atoms with van der Waals surface area (Å²) in [5, 5.41) is 2.90. The van der Waals surface area contributed by atoms with Gasteiger partial charge in [0.15, 0.2) is 0 Å². The van der Waals surface area contributed by atoms with Crippen LogP contribution in [0.25, 0.3) is 0 Å². The van der Waals surface area contributed by atoms with Crippen LogP contribution in [0.4, 0.5) is 17.3 Å². The minimum absolute atomic E-state index is 0.237. The molecule has 1 unspecified atom stereocenters. The number of para-hydroxylation sites is 1. The molecule has 0 bridgehead atoms. The van der Waals surface area contributed by atoms with Crippen LogP contribution in [0, 0.1) is 6.92 Å². The molecule has 1 aliphatic rings. The molecule has 0 saturated heterocycles. The first-order valence-electron chi connectivity index (χ1n) is 8.70. The zero-order chi connectivity index (χ0) is 18.1. The van der Waals surface area contributed by atoms with Crippen molar-refractivity contribution < 1.29 is 4.79 Å². The second-order valence-corrected chi connectivity index (χ2v) is 6.62. The van der Waals surface area contributed by atoms with E-state index in [2.05, 4.69) is 39.2 Å². The number of aromatic nitrogens is 2. The lowest BCUT2D eigenvalue weighted by Gasteiger charge is -2.22. The zero-order valence-corrected chi connectivity index (χ0v) is 14.8. The van der Waals surface area contributed by atoms with Crippen LogP contribution in [0.2, 0.25) is 0 Å². The summed E-state index contributed by atoms with van der Waals surface area (Å²) in [6, 6.07) is 17.8. The van der Waals surface area contributed by atoms with E-state index in [9.17, 15) is 4.79 Å². The largest absolute Gasteiger partial charge is 0.321 e. The second kappa shape index (κ2) is 6.59. The normalized spacial score (nSPS) is 15.6. The minimum Gasteiger partial charge on any atom is -0.321 e. The van der Waals surface area contributed by atoms with Gasteiger partial charge in [-0.15, -0.1) is 0 Å². The van der Waals surface area contributed by atoms with Gasteiger partial charge >= 0.3 is 0 Å². The van der Waals surface area contributed by atoms with Crippen LogP contribution in [0.1, 0.15) is 28.5 Å². The molecule has 1 N–H and O–H groups in total. The Hall–Kier alpha value is -3.21. The SMILES string of the molecule is Cc1cccc(NC(=O)c2ccnc(N3c4ccccc4CC3C)n2)c1. The summed E-state index contributed by atoms with van der Waals surface area (Å²) < 4.78 is 0. The summed E-state index contributed by atoms with van der Waals surface area (Å²) in [4.78, 5) is 23.6. The van der Waals surface area contributed by atoms with Gasteiger partial charge in [0.25, 0.3) is 5.91 Å². The molecule has 4 rings (SSSR count). The van der Waals surface area contributed by atoms with Crippen molar-refractivity contribution in [1.29, 1.82) is 0 Å². The van der Waals surface area contributed by atoms with Gasteiger partial charge in [-0.3, -0.25) is 4.79 Å². The number of amides is 1. The molecule has 130 valence electrons. The van der Waals surface area contributed by atoms with Crippen molar-refractivity contribution in [3.8, 4) is 0 Å². The molecule has 0 fully saturated rings. The first-order chi connectivity index (χ1) is 12.6. The molecular weight excluding hydrogens is 324 g/mol. The fourth-order valence-corrected chi connectivity index (χ4v) is 3.38. The maximum absolute atomic E-state index is 12.6. The molecule has 0 spiro atoms. The fourth-order valence-electron chi connectivity index (χ4n) is 3.38. The standard InChI is InChI=1S/C21H20N4O/c1-14-6-5-8-17(12-14)23-20(26)18-10-11-22-21(24-18)25-15(2)13-16-7-3-4-9-19(16)25/h3-12,15H,13H2,1-2H3,(H,23,26). The van der Waals surface area contributed by atoms with E-state index in [1.807, 2.05) is 43.3 Å². The van der Waals surface area contributed by atoms with E-state index in [1.165, 1.54) is 5.56 Å². The van der Waals surface area contributed by atoms with Crippen LogP contribution in [0.15, 0.2) is 60.8 Å². The molecule has 5 heteroatoms. The average Bonchev–Trinajstić information content (AvgIpc) is 2.97. The number of fused-ring (bicyclic) bond motifs is 1. The van der Waals surface area contributed by atoms with Gasteiger partial charge in [0.05, 0.1) is 0 Å². The van der Waals surface area contributed by atoms with Crippen molar-refractivity contribution in [2.75, 3.05) is 10.2 Å². The van der Waals surface area contributed by atoms with E-state index >= 15 is 0 Å². The molecule has 2 heterocycles. The number of aryl methyl sites for hydroxylation is 1. The number of benzene rings is 2. The van der Waals surface area contributed by atoms with E-state index in [0.29, 0.717) is 11.6 Å². The highest BCUT2D eigenvalue weighted by Gasteiger charge is 2.29. The number of hydrogen-bond donors (Lipinski definition) is 1. The first-order valence-corrected chi connectivity index (χ1v) is 8.70. The second-order valence-electron chi connectivity index (χ2n) is 6.62.